The molecule has 0 atom stereocenters. The van der Waals surface area contributed by atoms with E-state index in [0.29, 0.717) is 11.5 Å². The summed E-state index contributed by atoms with van der Waals surface area (Å²) in [7, 11) is 0. The van der Waals surface area contributed by atoms with E-state index in [-0.39, 0.29) is 28.4 Å². The lowest BCUT2D eigenvalue weighted by Crippen LogP contribution is -2.13. The Labute approximate surface area is 265 Å². The second-order valence-corrected chi connectivity index (χ2v) is 10.5. The van der Waals surface area contributed by atoms with Gasteiger partial charge in [-0.15, -0.1) is 0 Å². The fraction of sp³-hybridized carbons (Fsp3) is 0.129. The van der Waals surface area contributed by atoms with Crippen LogP contribution in [0.3, 0.4) is 0 Å². The molecule has 0 aliphatic rings. The van der Waals surface area contributed by atoms with E-state index in [1.54, 1.807) is 54.6 Å². The summed E-state index contributed by atoms with van der Waals surface area (Å²) < 4.78 is 17.5. The first kappa shape index (κ1) is 33.6. The lowest BCUT2D eigenvalue weighted by Gasteiger charge is -2.10. The molecule has 0 heterocycles. The Kier molecular flexibility index (Phi) is 13.6. The van der Waals surface area contributed by atoms with Crippen molar-refractivity contribution in [3.8, 4) is 28.7 Å². The Morgan fingerprint density at radius 2 is 1.12 bits per heavy atom. The third-order valence-corrected chi connectivity index (χ3v) is 6.30. The van der Waals surface area contributed by atoms with Crippen LogP contribution in [0.5, 0.6) is 28.7 Å². The van der Waals surface area contributed by atoms with Gasteiger partial charge in [0.05, 0.1) is 0 Å². The highest BCUT2D eigenvalue weighted by atomic mass is 127. The van der Waals surface area contributed by atoms with Crippen molar-refractivity contribution < 1.29 is 38.8 Å². The molecule has 0 saturated heterocycles. The maximum absolute atomic E-state index is 12.2. The van der Waals surface area contributed by atoms with Gasteiger partial charge in [-0.1, -0.05) is 19.9 Å². The van der Waals surface area contributed by atoms with Crippen LogP contribution in [0.25, 0.3) is 0 Å². The number of ether oxygens (including phenoxy) is 3. The average molecular weight is 782 g/mol. The van der Waals surface area contributed by atoms with Crippen LogP contribution >= 0.6 is 45.2 Å². The first-order chi connectivity index (χ1) is 19.5. The van der Waals surface area contributed by atoms with E-state index >= 15 is 0 Å². The summed E-state index contributed by atoms with van der Waals surface area (Å²) >= 11 is 4.30. The molecular formula is C31H28I2O8. The number of hydrogen-bond donors (Lipinski definition) is 2. The molecule has 2 N–H and O–H groups in total. The molecule has 0 aliphatic carbocycles. The number of rotatable bonds is 5. The van der Waals surface area contributed by atoms with Gasteiger partial charge in [-0.3, -0.25) is 4.79 Å². The van der Waals surface area contributed by atoms with E-state index in [1.165, 1.54) is 19.1 Å². The topological polar surface area (TPSA) is 119 Å². The van der Waals surface area contributed by atoms with Crippen LogP contribution in [0, 0.1) is 14.1 Å². The molecule has 41 heavy (non-hydrogen) atoms. The lowest BCUT2D eigenvalue weighted by atomic mass is 10.1. The molecule has 214 valence electrons. The molecule has 0 unspecified atom stereocenters. The number of aryl methyl sites for hydroxylation is 1. The number of aromatic hydroxyl groups is 2. The van der Waals surface area contributed by atoms with Gasteiger partial charge in [0.2, 0.25) is 0 Å². The molecule has 0 bridgehead atoms. The Bertz CT molecular complexity index is 1480. The van der Waals surface area contributed by atoms with Gasteiger partial charge < -0.3 is 24.4 Å². The second-order valence-electron chi connectivity index (χ2n) is 7.98. The van der Waals surface area contributed by atoms with Gasteiger partial charge in [-0.25, -0.2) is 9.59 Å². The van der Waals surface area contributed by atoms with Gasteiger partial charge in [-0.2, -0.15) is 0 Å². The first-order valence-corrected chi connectivity index (χ1v) is 14.4. The van der Waals surface area contributed by atoms with Crippen LogP contribution in [0.4, 0.5) is 0 Å². The molecule has 10 heteroatoms. The summed E-state index contributed by atoms with van der Waals surface area (Å²) in [4.78, 5) is 35.1. The monoisotopic (exact) mass is 782 g/mol. The van der Waals surface area contributed by atoms with Crippen LogP contribution in [0.1, 0.15) is 47.1 Å². The van der Waals surface area contributed by atoms with E-state index in [0.717, 1.165) is 18.8 Å². The third kappa shape index (κ3) is 11.0. The average Bonchev–Trinajstić information content (AvgIpc) is 2.94. The van der Waals surface area contributed by atoms with Crippen molar-refractivity contribution >= 4 is 63.1 Å². The zero-order chi connectivity index (χ0) is 30.5. The number of esters is 3. The van der Waals surface area contributed by atoms with Crippen molar-refractivity contribution in [3.63, 3.8) is 0 Å². The fourth-order valence-electron chi connectivity index (χ4n) is 3.06. The van der Waals surface area contributed by atoms with E-state index in [9.17, 15) is 24.6 Å². The summed E-state index contributed by atoms with van der Waals surface area (Å²) in [6.45, 7) is 7.13. The summed E-state index contributed by atoms with van der Waals surface area (Å²) in [5.41, 5.74) is 1.03. The molecule has 8 nitrogen and oxygen atoms in total. The number of phenolic OH excluding ortho intramolecular Hbond substituents is 2. The van der Waals surface area contributed by atoms with E-state index in [4.69, 9.17) is 14.2 Å². The molecule has 0 radical (unpaired) electrons. The number of phenols is 2. The first-order valence-electron chi connectivity index (χ1n) is 12.3. The van der Waals surface area contributed by atoms with Crippen LogP contribution < -0.4 is 14.2 Å². The largest absolute Gasteiger partial charge is 0.508 e. The van der Waals surface area contributed by atoms with Crippen molar-refractivity contribution in [2.24, 2.45) is 0 Å². The van der Waals surface area contributed by atoms with Crippen molar-refractivity contribution in [3.05, 3.63) is 109 Å². The molecule has 4 aromatic rings. The van der Waals surface area contributed by atoms with Gasteiger partial charge in [0.1, 0.15) is 39.9 Å². The van der Waals surface area contributed by atoms with Crippen molar-refractivity contribution in [1.29, 1.82) is 0 Å². The lowest BCUT2D eigenvalue weighted by molar-refractivity contribution is -0.131. The summed E-state index contributed by atoms with van der Waals surface area (Å²) in [5, 5.41) is 18.8. The molecule has 0 amide bonds. The van der Waals surface area contributed by atoms with E-state index < -0.39 is 17.9 Å². The highest BCUT2D eigenvalue weighted by Gasteiger charge is 2.17. The van der Waals surface area contributed by atoms with Crippen LogP contribution in [0.2, 0.25) is 0 Å². The zero-order valence-corrected chi connectivity index (χ0v) is 27.0. The van der Waals surface area contributed by atoms with Gasteiger partial charge >= 0.3 is 17.9 Å². The van der Waals surface area contributed by atoms with Gasteiger partial charge in [0.25, 0.3) is 0 Å². The molecule has 0 aliphatic heterocycles. The third-order valence-electron chi connectivity index (χ3n) is 4.86. The van der Waals surface area contributed by atoms with Crippen LogP contribution in [0.15, 0.2) is 84.9 Å². The summed E-state index contributed by atoms with van der Waals surface area (Å²) in [6.07, 6.45) is 0. The highest BCUT2D eigenvalue weighted by Crippen LogP contribution is 2.25. The number of carbonyl (C=O) groups excluding carboxylic acids is 3. The number of carbonyl (C=O) groups is 3. The highest BCUT2D eigenvalue weighted by molar-refractivity contribution is 14.1. The van der Waals surface area contributed by atoms with Gasteiger partial charge in [0, 0.05) is 14.1 Å². The van der Waals surface area contributed by atoms with Crippen molar-refractivity contribution in [2.45, 2.75) is 27.7 Å². The van der Waals surface area contributed by atoms with Gasteiger partial charge in [-0.05, 0) is 137 Å². The molecule has 0 fully saturated rings. The number of halogens is 2. The van der Waals surface area contributed by atoms with Crippen molar-refractivity contribution in [1.82, 2.24) is 0 Å². The predicted octanol–water partition coefficient (Wildman–Crippen LogP) is 7.69. The smallest absolute Gasteiger partial charge is 0.347 e. The maximum Gasteiger partial charge on any atom is 0.347 e. The minimum absolute atomic E-state index is 0.0754. The quantitative estimate of drug-likeness (QED) is 0.0916. The summed E-state index contributed by atoms with van der Waals surface area (Å²) in [5.74, 6) is -1.09. The molecule has 0 saturated carbocycles. The Morgan fingerprint density at radius 1 is 0.634 bits per heavy atom. The standard InChI is InChI=1S/C16H13IO4.C13H9IO4.C2H6/c1-10-3-8-15(20-11(2)18)14(9-10)16(19)21-13-6-4-12(17)5-7-13;14-8-1-4-10(5-2-8)18-13(17)11-7-9(15)3-6-12(11)16;1-2/h3-9H,1-2H3;1-7,15-16H;1-2H3. The SMILES string of the molecule is CC.CC(=O)Oc1ccc(C)cc1C(=O)Oc1ccc(I)cc1.O=C(Oc1ccc(I)cc1)c1cc(O)ccc1O. The molecule has 0 aromatic heterocycles. The second kappa shape index (κ2) is 16.6. The molecule has 0 spiro atoms. The van der Waals surface area contributed by atoms with Gasteiger partial charge in [0.15, 0.2) is 0 Å². The molecule has 4 aromatic carbocycles. The minimum Gasteiger partial charge on any atom is -0.508 e. The Balaban J connectivity index is 0.000000273. The fourth-order valence-corrected chi connectivity index (χ4v) is 3.78. The predicted molar refractivity (Wildman–Crippen MR) is 172 cm³/mol. The van der Waals surface area contributed by atoms with E-state index in [2.05, 4.69) is 45.2 Å². The number of benzene rings is 4. The minimum atomic E-state index is -0.718. The molecule has 4 rings (SSSR count). The van der Waals surface area contributed by atoms with Crippen LogP contribution in [-0.4, -0.2) is 28.1 Å². The van der Waals surface area contributed by atoms with Crippen LogP contribution in [-0.2, 0) is 4.79 Å². The number of hydrogen-bond acceptors (Lipinski definition) is 8. The normalized spacial score (nSPS) is 9.71. The summed E-state index contributed by atoms with van der Waals surface area (Å²) in [6, 6.07) is 22.7. The Morgan fingerprint density at radius 3 is 1.61 bits per heavy atom. The van der Waals surface area contributed by atoms with Crippen molar-refractivity contribution in [2.75, 3.05) is 0 Å². The maximum atomic E-state index is 12.2. The molecular weight excluding hydrogens is 754 g/mol. The Hall–Kier alpha value is -3.65. The van der Waals surface area contributed by atoms with E-state index in [1.807, 2.05) is 32.9 Å². The zero-order valence-electron chi connectivity index (χ0n) is 22.7.